The lowest BCUT2D eigenvalue weighted by atomic mass is 10.1. The summed E-state index contributed by atoms with van der Waals surface area (Å²) in [4.78, 5) is 19.0. The van der Waals surface area contributed by atoms with Crippen LogP contribution in [0.5, 0.6) is 0 Å². The molecule has 2 aromatic rings. The van der Waals surface area contributed by atoms with Crippen LogP contribution in [0.3, 0.4) is 0 Å². The number of nitrogens with one attached hydrogen (secondary N) is 1. The lowest BCUT2D eigenvalue weighted by Crippen LogP contribution is -2.47. The molecule has 20 heavy (non-hydrogen) atoms. The molecule has 4 nitrogen and oxygen atoms in total. The van der Waals surface area contributed by atoms with Gasteiger partial charge in [-0.1, -0.05) is 15.9 Å². The molecule has 2 aliphatic rings. The van der Waals surface area contributed by atoms with Crippen LogP contribution in [0, 0.1) is 0 Å². The molecule has 1 unspecified atom stereocenters. The molecule has 5 heteroatoms. The Labute approximate surface area is 125 Å². The number of benzene rings is 1. The Morgan fingerprint density at radius 3 is 3.05 bits per heavy atom. The van der Waals surface area contributed by atoms with Gasteiger partial charge in [-0.2, -0.15) is 0 Å². The zero-order valence-electron chi connectivity index (χ0n) is 10.9. The quantitative estimate of drug-likeness (QED) is 0.873. The van der Waals surface area contributed by atoms with Gasteiger partial charge in [0.15, 0.2) is 0 Å². The number of pyridine rings is 1. The second-order valence-corrected chi connectivity index (χ2v) is 6.18. The number of amides is 1. The maximum absolute atomic E-state index is 12.7. The third-order valence-corrected chi connectivity index (χ3v) is 4.86. The molecule has 2 aliphatic heterocycles. The average Bonchev–Trinajstić information content (AvgIpc) is 2.78. The predicted octanol–water partition coefficient (Wildman–Crippen LogP) is 2.71. The number of piperidine rings is 1. The van der Waals surface area contributed by atoms with Crippen molar-refractivity contribution in [3.05, 3.63) is 34.6 Å². The average molecular weight is 332 g/mol. The number of carbonyl (C=O) groups excluding carboxylic acids is 1. The van der Waals surface area contributed by atoms with Crippen molar-refractivity contribution >= 4 is 38.3 Å². The van der Waals surface area contributed by atoms with E-state index in [0.29, 0.717) is 5.69 Å². The van der Waals surface area contributed by atoms with Crippen LogP contribution < -0.4 is 10.2 Å². The zero-order valence-corrected chi connectivity index (χ0v) is 12.5. The molecule has 1 saturated heterocycles. The first-order chi connectivity index (χ1) is 9.77. The molecular weight excluding hydrogens is 318 g/mol. The van der Waals surface area contributed by atoms with Crippen LogP contribution in [0.2, 0.25) is 0 Å². The largest absolute Gasteiger partial charge is 0.315 e. The van der Waals surface area contributed by atoms with Crippen LogP contribution in [0.15, 0.2) is 28.9 Å². The molecular formula is C15H14BrN3O. The molecule has 0 saturated carbocycles. The normalized spacial score (nSPS) is 21.8. The van der Waals surface area contributed by atoms with Crippen molar-refractivity contribution in [2.75, 3.05) is 18.0 Å². The summed E-state index contributed by atoms with van der Waals surface area (Å²) in [6, 6.07) is 6.23. The highest BCUT2D eigenvalue weighted by Gasteiger charge is 2.36. The Morgan fingerprint density at radius 2 is 2.25 bits per heavy atom. The molecule has 0 spiro atoms. The SMILES string of the molecule is O=C1c2nccc3c(Br)ccc(c23)N1C1CCCNC1. The van der Waals surface area contributed by atoms with Gasteiger partial charge in [0.1, 0.15) is 5.69 Å². The van der Waals surface area contributed by atoms with Gasteiger partial charge in [-0.15, -0.1) is 0 Å². The summed E-state index contributed by atoms with van der Waals surface area (Å²) in [5.74, 6) is 0.0393. The zero-order chi connectivity index (χ0) is 13.7. The highest BCUT2D eigenvalue weighted by molar-refractivity contribution is 9.10. The van der Waals surface area contributed by atoms with Gasteiger partial charge in [-0.25, -0.2) is 0 Å². The minimum Gasteiger partial charge on any atom is -0.315 e. The first kappa shape index (κ1) is 12.3. The number of carbonyl (C=O) groups is 1. The van der Waals surface area contributed by atoms with E-state index in [1.807, 2.05) is 23.1 Å². The van der Waals surface area contributed by atoms with E-state index in [1.54, 1.807) is 6.20 Å². The van der Waals surface area contributed by atoms with Gasteiger partial charge >= 0.3 is 0 Å². The van der Waals surface area contributed by atoms with E-state index in [1.165, 1.54) is 0 Å². The molecule has 1 N–H and O–H groups in total. The van der Waals surface area contributed by atoms with Crippen molar-refractivity contribution in [1.29, 1.82) is 0 Å². The van der Waals surface area contributed by atoms with Crippen molar-refractivity contribution in [3.8, 4) is 0 Å². The van der Waals surface area contributed by atoms with Crippen molar-refractivity contribution < 1.29 is 4.79 Å². The van der Waals surface area contributed by atoms with Gasteiger partial charge in [0, 0.05) is 34.0 Å². The third kappa shape index (κ3) is 1.63. The summed E-state index contributed by atoms with van der Waals surface area (Å²) in [6.45, 7) is 1.90. The van der Waals surface area contributed by atoms with E-state index in [2.05, 4.69) is 26.2 Å². The predicted molar refractivity (Wildman–Crippen MR) is 82.1 cm³/mol. The van der Waals surface area contributed by atoms with Gasteiger partial charge < -0.3 is 10.2 Å². The van der Waals surface area contributed by atoms with E-state index in [0.717, 1.165) is 46.9 Å². The second kappa shape index (κ2) is 4.53. The highest BCUT2D eigenvalue weighted by atomic mass is 79.9. The van der Waals surface area contributed by atoms with Crippen LogP contribution in [-0.2, 0) is 0 Å². The Hall–Kier alpha value is -1.46. The number of aromatic nitrogens is 1. The fourth-order valence-electron chi connectivity index (χ4n) is 3.25. The lowest BCUT2D eigenvalue weighted by molar-refractivity contribution is 0.0975. The summed E-state index contributed by atoms with van der Waals surface area (Å²) < 4.78 is 1.01. The highest BCUT2D eigenvalue weighted by Crippen LogP contribution is 2.40. The van der Waals surface area contributed by atoms with Crippen LogP contribution >= 0.6 is 15.9 Å². The van der Waals surface area contributed by atoms with E-state index in [4.69, 9.17) is 0 Å². The maximum Gasteiger partial charge on any atom is 0.277 e. The maximum atomic E-state index is 12.7. The Balaban J connectivity index is 1.91. The van der Waals surface area contributed by atoms with Gasteiger partial charge in [0.05, 0.1) is 5.69 Å². The summed E-state index contributed by atoms with van der Waals surface area (Å²) >= 11 is 3.56. The standard InChI is InChI=1S/C15H14BrN3O/c16-11-3-4-12-13-10(11)5-7-18-14(13)15(20)19(12)9-2-1-6-17-8-9/h3-5,7,9,17H,1-2,6,8H2. The third-order valence-electron chi connectivity index (χ3n) is 4.17. The van der Waals surface area contributed by atoms with Crippen LogP contribution in [0.25, 0.3) is 10.8 Å². The molecule has 0 radical (unpaired) electrons. The van der Waals surface area contributed by atoms with Crippen LogP contribution in [0.1, 0.15) is 23.3 Å². The van der Waals surface area contributed by atoms with Crippen LogP contribution in [0.4, 0.5) is 5.69 Å². The topological polar surface area (TPSA) is 45.2 Å². The summed E-state index contributed by atoms with van der Waals surface area (Å²) in [5.41, 5.74) is 1.59. The fraction of sp³-hybridized carbons (Fsp3) is 0.333. The van der Waals surface area contributed by atoms with E-state index < -0.39 is 0 Å². The van der Waals surface area contributed by atoms with E-state index in [-0.39, 0.29) is 11.9 Å². The number of halogens is 1. The number of anilines is 1. The Bertz CT molecular complexity index is 710. The number of hydrogen-bond donors (Lipinski definition) is 1. The van der Waals surface area contributed by atoms with Crippen molar-refractivity contribution in [2.24, 2.45) is 0 Å². The molecule has 1 fully saturated rings. The monoisotopic (exact) mass is 331 g/mol. The van der Waals surface area contributed by atoms with E-state index in [9.17, 15) is 4.79 Å². The molecule has 1 amide bonds. The number of rotatable bonds is 1. The van der Waals surface area contributed by atoms with Gasteiger partial charge in [-0.05, 0) is 37.6 Å². The lowest BCUT2D eigenvalue weighted by Gasteiger charge is -2.32. The molecule has 1 aromatic heterocycles. The molecule has 1 aromatic carbocycles. The minimum absolute atomic E-state index is 0.0393. The second-order valence-electron chi connectivity index (χ2n) is 5.32. The molecule has 0 aliphatic carbocycles. The first-order valence-corrected chi connectivity index (χ1v) is 7.68. The number of hydrogen-bond acceptors (Lipinski definition) is 3. The summed E-state index contributed by atoms with van der Waals surface area (Å²) in [6.07, 6.45) is 3.87. The Kier molecular flexibility index (Phi) is 2.79. The molecule has 102 valence electrons. The van der Waals surface area contributed by atoms with Crippen molar-refractivity contribution in [2.45, 2.75) is 18.9 Å². The van der Waals surface area contributed by atoms with Crippen molar-refractivity contribution in [3.63, 3.8) is 0 Å². The first-order valence-electron chi connectivity index (χ1n) is 6.89. The number of nitrogens with zero attached hydrogens (tertiary/aromatic N) is 2. The molecule has 1 atom stereocenters. The van der Waals surface area contributed by atoms with E-state index >= 15 is 0 Å². The Morgan fingerprint density at radius 1 is 1.35 bits per heavy atom. The van der Waals surface area contributed by atoms with Crippen molar-refractivity contribution in [1.82, 2.24) is 10.3 Å². The molecule has 3 heterocycles. The van der Waals surface area contributed by atoms with Gasteiger partial charge in [0.25, 0.3) is 5.91 Å². The summed E-state index contributed by atoms with van der Waals surface area (Å²) in [7, 11) is 0. The van der Waals surface area contributed by atoms with Gasteiger partial charge in [-0.3, -0.25) is 9.78 Å². The fourth-order valence-corrected chi connectivity index (χ4v) is 3.71. The summed E-state index contributed by atoms with van der Waals surface area (Å²) in [5, 5.41) is 5.42. The van der Waals surface area contributed by atoms with Crippen LogP contribution in [-0.4, -0.2) is 30.0 Å². The van der Waals surface area contributed by atoms with Gasteiger partial charge in [0.2, 0.25) is 0 Å². The molecule has 4 rings (SSSR count). The molecule has 0 bridgehead atoms. The smallest absolute Gasteiger partial charge is 0.277 e. The minimum atomic E-state index is 0.0393.